The molecule has 126 valence electrons. The highest BCUT2D eigenvalue weighted by molar-refractivity contribution is 7.14. The second kappa shape index (κ2) is 7.07. The monoisotopic (exact) mass is 348 g/mol. The number of likely N-dealkylation sites (N-methyl/N-ethyl adjacent to an activating group) is 1. The highest BCUT2D eigenvalue weighted by Crippen LogP contribution is 2.28. The molecule has 2 heterocycles. The lowest BCUT2D eigenvalue weighted by Crippen LogP contribution is -2.18. The number of hydrazone groups is 1. The third-order valence-electron chi connectivity index (χ3n) is 4.42. The molecule has 2 aromatic carbocycles. The molecular formula is C20H20N4S. The predicted molar refractivity (Wildman–Crippen MR) is 107 cm³/mol. The molecule has 0 unspecified atom stereocenters. The molecular weight excluding hydrogens is 328 g/mol. The number of aromatic nitrogens is 1. The molecule has 0 amide bonds. The summed E-state index contributed by atoms with van der Waals surface area (Å²) in [5.74, 6) is 0. The topological polar surface area (TPSA) is 40.5 Å². The summed E-state index contributed by atoms with van der Waals surface area (Å²) in [5.41, 5.74) is 9.02. The normalized spacial score (nSPS) is 13.4. The SMILES string of the molecule is CCN1CCc2cc(C=NNc3nc(-c4ccccc4)cs3)ccc21. The first-order valence-corrected chi connectivity index (χ1v) is 9.39. The minimum absolute atomic E-state index is 0.799. The number of rotatable bonds is 5. The van der Waals surface area contributed by atoms with Crippen LogP contribution in [0.3, 0.4) is 0 Å². The fourth-order valence-electron chi connectivity index (χ4n) is 3.13. The Balaban J connectivity index is 1.43. The highest BCUT2D eigenvalue weighted by atomic mass is 32.1. The number of thiazole rings is 1. The summed E-state index contributed by atoms with van der Waals surface area (Å²) in [6.45, 7) is 4.38. The molecule has 1 aliphatic rings. The fourth-order valence-corrected chi connectivity index (χ4v) is 3.80. The van der Waals surface area contributed by atoms with Crippen LogP contribution in [0.1, 0.15) is 18.1 Å². The Morgan fingerprint density at radius 2 is 2.12 bits per heavy atom. The summed E-state index contributed by atoms with van der Waals surface area (Å²) >= 11 is 1.56. The Morgan fingerprint density at radius 1 is 1.24 bits per heavy atom. The standard InChI is InChI=1S/C20H20N4S/c1-2-24-11-10-17-12-15(8-9-19(17)24)13-21-23-20-22-18(14-25-20)16-6-4-3-5-7-16/h3-9,12-14H,2,10-11H2,1H3,(H,22,23). The van der Waals surface area contributed by atoms with Crippen LogP contribution in [0.25, 0.3) is 11.3 Å². The fraction of sp³-hybridized carbons (Fsp3) is 0.200. The lowest BCUT2D eigenvalue weighted by molar-refractivity contribution is 0.868. The maximum Gasteiger partial charge on any atom is 0.203 e. The molecule has 25 heavy (non-hydrogen) atoms. The quantitative estimate of drug-likeness (QED) is 0.539. The van der Waals surface area contributed by atoms with E-state index in [0.29, 0.717) is 0 Å². The van der Waals surface area contributed by atoms with E-state index in [9.17, 15) is 0 Å². The molecule has 0 spiro atoms. The maximum absolute atomic E-state index is 4.58. The van der Waals surface area contributed by atoms with Crippen LogP contribution in [0, 0.1) is 0 Å². The molecule has 0 atom stereocenters. The Bertz CT molecular complexity index is 886. The third kappa shape index (κ3) is 3.42. The lowest BCUT2D eigenvalue weighted by atomic mass is 10.1. The minimum Gasteiger partial charge on any atom is -0.371 e. The zero-order valence-electron chi connectivity index (χ0n) is 14.1. The van der Waals surface area contributed by atoms with Crippen LogP contribution in [0.5, 0.6) is 0 Å². The van der Waals surface area contributed by atoms with Crippen molar-refractivity contribution in [2.24, 2.45) is 5.10 Å². The van der Waals surface area contributed by atoms with Crippen molar-refractivity contribution in [3.05, 3.63) is 65.0 Å². The van der Waals surface area contributed by atoms with Crippen LogP contribution in [0.2, 0.25) is 0 Å². The van der Waals surface area contributed by atoms with Crippen LogP contribution in [0.15, 0.2) is 59.0 Å². The molecule has 0 radical (unpaired) electrons. The number of nitrogens with zero attached hydrogens (tertiary/aromatic N) is 3. The molecule has 1 aromatic heterocycles. The zero-order valence-corrected chi connectivity index (χ0v) is 15.0. The Kier molecular flexibility index (Phi) is 4.48. The average molecular weight is 348 g/mol. The smallest absolute Gasteiger partial charge is 0.203 e. The number of anilines is 2. The van der Waals surface area contributed by atoms with Crippen molar-refractivity contribution >= 4 is 28.4 Å². The Hall–Kier alpha value is -2.66. The van der Waals surface area contributed by atoms with Gasteiger partial charge in [0.05, 0.1) is 11.9 Å². The van der Waals surface area contributed by atoms with Crippen molar-refractivity contribution in [2.45, 2.75) is 13.3 Å². The van der Waals surface area contributed by atoms with Crippen molar-refractivity contribution < 1.29 is 0 Å². The van der Waals surface area contributed by atoms with Crippen molar-refractivity contribution in [3.8, 4) is 11.3 Å². The van der Waals surface area contributed by atoms with E-state index >= 15 is 0 Å². The molecule has 4 rings (SSSR count). The van der Waals surface area contributed by atoms with E-state index in [1.807, 2.05) is 29.8 Å². The third-order valence-corrected chi connectivity index (χ3v) is 5.17. The molecule has 0 bridgehead atoms. The van der Waals surface area contributed by atoms with E-state index in [4.69, 9.17) is 0 Å². The van der Waals surface area contributed by atoms with Crippen LogP contribution in [-0.4, -0.2) is 24.3 Å². The number of hydrogen-bond acceptors (Lipinski definition) is 5. The molecule has 0 fully saturated rings. The maximum atomic E-state index is 4.58. The van der Waals surface area contributed by atoms with E-state index in [1.54, 1.807) is 11.3 Å². The summed E-state index contributed by atoms with van der Waals surface area (Å²) in [4.78, 5) is 6.99. The highest BCUT2D eigenvalue weighted by Gasteiger charge is 2.17. The minimum atomic E-state index is 0.799. The molecule has 0 aliphatic carbocycles. The first-order valence-electron chi connectivity index (χ1n) is 8.51. The molecule has 3 aromatic rings. The van der Waals surface area contributed by atoms with E-state index in [0.717, 1.165) is 41.5 Å². The second-order valence-corrected chi connectivity index (χ2v) is 6.85. The van der Waals surface area contributed by atoms with E-state index in [2.05, 4.69) is 57.7 Å². The first-order chi connectivity index (χ1) is 12.3. The summed E-state index contributed by atoms with van der Waals surface area (Å²) in [7, 11) is 0. The number of fused-ring (bicyclic) bond motifs is 1. The number of benzene rings is 2. The van der Waals surface area contributed by atoms with Crippen LogP contribution < -0.4 is 10.3 Å². The van der Waals surface area contributed by atoms with Gasteiger partial charge in [0.1, 0.15) is 0 Å². The largest absolute Gasteiger partial charge is 0.371 e. The van der Waals surface area contributed by atoms with Crippen molar-refractivity contribution in [1.29, 1.82) is 0 Å². The zero-order chi connectivity index (χ0) is 17.1. The molecule has 1 aliphatic heterocycles. The second-order valence-electron chi connectivity index (χ2n) is 5.99. The first kappa shape index (κ1) is 15.8. The van der Waals surface area contributed by atoms with Gasteiger partial charge in [0.15, 0.2) is 0 Å². The molecule has 1 N–H and O–H groups in total. The lowest BCUT2D eigenvalue weighted by Gasteiger charge is -2.16. The van der Waals surface area contributed by atoms with Crippen LogP contribution in [-0.2, 0) is 6.42 Å². The number of nitrogens with one attached hydrogen (secondary N) is 1. The van der Waals surface area contributed by atoms with Crippen molar-refractivity contribution in [3.63, 3.8) is 0 Å². The van der Waals surface area contributed by atoms with Crippen molar-refractivity contribution in [2.75, 3.05) is 23.4 Å². The molecule has 4 nitrogen and oxygen atoms in total. The summed E-state index contributed by atoms with van der Waals surface area (Å²) in [6.07, 6.45) is 2.98. The van der Waals surface area contributed by atoms with Gasteiger partial charge in [0.25, 0.3) is 0 Å². The summed E-state index contributed by atoms with van der Waals surface area (Å²) in [6, 6.07) is 16.7. The van der Waals surface area contributed by atoms with E-state index in [-0.39, 0.29) is 0 Å². The van der Waals surface area contributed by atoms with E-state index < -0.39 is 0 Å². The van der Waals surface area contributed by atoms with E-state index in [1.165, 1.54) is 11.3 Å². The predicted octanol–water partition coefficient (Wildman–Crippen LogP) is 4.64. The van der Waals surface area contributed by atoms with Crippen molar-refractivity contribution in [1.82, 2.24) is 4.98 Å². The Labute approximate surface area is 151 Å². The van der Waals surface area contributed by atoms with Gasteiger partial charge in [-0.3, -0.25) is 5.43 Å². The van der Waals surface area contributed by atoms with Crippen LogP contribution in [0.4, 0.5) is 10.8 Å². The van der Waals surface area contributed by atoms with Gasteiger partial charge in [-0.1, -0.05) is 36.4 Å². The van der Waals surface area contributed by atoms with Gasteiger partial charge in [-0.25, -0.2) is 4.98 Å². The Morgan fingerprint density at radius 3 is 2.96 bits per heavy atom. The van der Waals surface area contributed by atoms with Gasteiger partial charge in [-0.15, -0.1) is 11.3 Å². The van der Waals surface area contributed by atoms with Gasteiger partial charge < -0.3 is 4.90 Å². The average Bonchev–Trinajstić information content (AvgIpc) is 3.29. The number of hydrogen-bond donors (Lipinski definition) is 1. The van der Waals surface area contributed by atoms with Gasteiger partial charge in [0, 0.05) is 29.7 Å². The summed E-state index contributed by atoms with van der Waals surface area (Å²) in [5, 5.41) is 7.19. The molecule has 0 saturated carbocycles. The van der Waals surface area contributed by atoms with Gasteiger partial charge in [-0.05, 0) is 36.6 Å². The van der Waals surface area contributed by atoms with Crippen LogP contribution >= 0.6 is 11.3 Å². The molecule has 0 saturated heterocycles. The van der Waals surface area contributed by atoms with Gasteiger partial charge in [0.2, 0.25) is 5.13 Å². The summed E-state index contributed by atoms with van der Waals surface area (Å²) < 4.78 is 0. The van der Waals surface area contributed by atoms with Gasteiger partial charge >= 0.3 is 0 Å². The van der Waals surface area contributed by atoms with Gasteiger partial charge in [-0.2, -0.15) is 5.10 Å². The molecule has 5 heteroatoms.